The van der Waals surface area contributed by atoms with E-state index >= 15 is 0 Å². The molecule has 19 heavy (non-hydrogen) atoms. The number of nitrogens with two attached hydrogens (primary N) is 1. The Morgan fingerprint density at radius 1 is 1.26 bits per heavy atom. The van der Waals surface area contributed by atoms with Crippen LogP contribution in [0.5, 0.6) is 0 Å². The Kier molecular flexibility index (Phi) is 3.17. The van der Waals surface area contributed by atoms with Gasteiger partial charge in [-0.25, -0.2) is 5.84 Å². The fourth-order valence-electron chi connectivity index (χ4n) is 1.70. The molecule has 0 amide bonds. The molecule has 0 spiro atoms. The molecule has 96 valence electrons. The van der Waals surface area contributed by atoms with Crippen LogP contribution in [0.2, 0.25) is 0 Å². The second kappa shape index (κ2) is 4.97. The minimum absolute atomic E-state index is 0.324. The van der Waals surface area contributed by atoms with Crippen LogP contribution in [0.15, 0.2) is 30.5 Å². The first-order valence-corrected chi connectivity index (χ1v) is 6.54. The molecule has 2 heterocycles. The van der Waals surface area contributed by atoms with Gasteiger partial charge in [-0.15, -0.1) is 0 Å². The van der Waals surface area contributed by atoms with E-state index in [9.17, 15) is 0 Å². The highest BCUT2D eigenvalue weighted by Crippen LogP contribution is 2.24. The Labute approximate surface area is 122 Å². The van der Waals surface area contributed by atoms with Gasteiger partial charge in [-0.3, -0.25) is 10.5 Å². The number of fused-ring (bicyclic) bond motifs is 1. The molecule has 5 N–H and O–H groups in total. The van der Waals surface area contributed by atoms with Gasteiger partial charge in [0.05, 0.1) is 11.6 Å². The summed E-state index contributed by atoms with van der Waals surface area (Å²) in [6.07, 6.45) is 1.67. The van der Waals surface area contributed by atoms with Gasteiger partial charge in [-0.1, -0.05) is 6.07 Å². The Morgan fingerprint density at radius 2 is 2.16 bits per heavy atom. The van der Waals surface area contributed by atoms with E-state index in [1.54, 1.807) is 6.20 Å². The molecule has 0 radical (unpaired) electrons. The largest absolute Gasteiger partial charge is 0.339 e. The third kappa shape index (κ3) is 2.44. The molecule has 3 aromatic rings. The third-order valence-corrected chi connectivity index (χ3v) is 3.20. The smallest absolute Gasteiger partial charge is 0.241 e. The number of aromatic nitrogens is 4. The van der Waals surface area contributed by atoms with Gasteiger partial charge in [0.2, 0.25) is 5.95 Å². The van der Waals surface area contributed by atoms with Crippen LogP contribution in [0.4, 0.5) is 17.5 Å². The number of hydrogen-bond acceptors (Lipinski definition) is 6. The average Bonchev–Trinajstić information content (AvgIpc) is 2.87. The van der Waals surface area contributed by atoms with E-state index in [4.69, 9.17) is 5.84 Å². The number of halogens is 1. The Balaban J connectivity index is 2.06. The minimum atomic E-state index is 0.324. The number of aromatic amines is 1. The summed E-state index contributed by atoms with van der Waals surface area (Å²) in [5, 5.41) is 10.8. The number of nitrogen functional groups attached to an aromatic ring is 1. The third-order valence-electron chi connectivity index (χ3n) is 2.53. The quantitative estimate of drug-likeness (QED) is 0.321. The van der Waals surface area contributed by atoms with Crippen molar-refractivity contribution in [3.05, 3.63) is 34.0 Å². The number of benzene rings is 1. The Hall–Kier alpha value is -1.94. The van der Waals surface area contributed by atoms with Crippen LogP contribution < -0.4 is 16.6 Å². The van der Waals surface area contributed by atoms with Crippen molar-refractivity contribution in [3.63, 3.8) is 0 Å². The minimum Gasteiger partial charge on any atom is -0.339 e. The molecular formula is C11H10IN7. The highest BCUT2D eigenvalue weighted by Gasteiger charge is 2.09. The highest BCUT2D eigenvalue weighted by molar-refractivity contribution is 14.1. The van der Waals surface area contributed by atoms with Crippen LogP contribution >= 0.6 is 22.6 Å². The van der Waals surface area contributed by atoms with E-state index in [2.05, 4.69) is 53.5 Å². The number of hydrogen-bond donors (Lipinski definition) is 4. The van der Waals surface area contributed by atoms with Crippen LogP contribution in [0.25, 0.3) is 11.0 Å². The fourth-order valence-corrected chi connectivity index (χ4v) is 2.24. The summed E-state index contributed by atoms with van der Waals surface area (Å²) in [6.45, 7) is 0. The second-order valence-electron chi connectivity index (χ2n) is 3.81. The highest BCUT2D eigenvalue weighted by atomic mass is 127. The molecule has 1 aromatic carbocycles. The van der Waals surface area contributed by atoms with Gasteiger partial charge in [0.25, 0.3) is 0 Å². The lowest BCUT2D eigenvalue weighted by atomic mass is 10.3. The van der Waals surface area contributed by atoms with Crippen molar-refractivity contribution in [2.75, 3.05) is 10.7 Å². The normalized spacial score (nSPS) is 10.6. The van der Waals surface area contributed by atoms with Crippen molar-refractivity contribution in [2.24, 2.45) is 5.84 Å². The molecule has 0 aliphatic carbocycles. The summed E-state index contributed by atoms with van der Waals surface area (Å²) in [5.41, 5.74) is 4.00. The van der Waals surface area contributed by atoms with E-state index in [-0.39, 0.29) is 0 Å². The van der Waals surface area contributed by atoms with Crippen LogP contribution in [0.1, 0.15) is 0 Å². The van der Waals surface area contributed by atoms with E-state index < -0.39 is 0 Å². The molecule has 0 unspecified atom stereocenters. The predicted octanol–water partition coefficient (Wildman–Crippen LogP) is 1.99. The predicted molar refractivity (Wildman–Crippen MR) is 81.9 cm³/mol. The summed E-state index contributed by atoms with van der Waals surface area (Å²) >= 11 is 2.26. The lowest BCUT2D eigenvalue weighted by molar-refractivity contribution is 1.08. The van der Waals surface area contributed by atoms with Crippen LogP contribution in [-0.2, 0) is 0 Å². The maximum atomic E-state index is 5.36. The molecule has 0 aliphatic rings. The molecule has 0 fully saturated rings. The summed E-state index contributed by atoms with van der Waals surface area (Å²) < 4.78 is 1.14. The summed E-state index contributed by atoms with van der Waals surface area (Å²) in [4.78, 5) is 8.46. The van der Waals surface area contributed by atoms with Crippen molar-refractivity contribution in [1.29, 1.82) is 0 Å². The van der Waals surface area contributed by atoms with Crippen molar-refractivity contribution < 1.29 is 0 Å². The molecule has 0 bridgehead atoms. The van der Waals surface area contributed by atoms with Gasteiger partial charge in [0.1, 0.15) is 5.82 Å². The Bertz CT molecular complexity index is 724. The van der Waals surface area contributed by atoms with E-state index in [0.717, 1.165) is 14.6 Å². The maximum absolute atomic E-state index is 5.36. The topological polar surface area (TPSA) is 105 Å². The standard InChI is InChI=1S/C11H10IN7/c12-6-2-1-3-7(4-6)15-9-8-5-14-19-10(8)17-11(16-9)18-13/h1-5H,13H2,(H3,14,15,16,17,18,19). The fraction of sp³-hybridized carbons (Fsp3) is 0. The van der Waals surface area contributed by atoms with Gasteiger partial charge >= 0.3 is 0 Å². The second-order valence-corrected chi connectivity index (χ2v) is 5.05. The number of H-pyrrole nitrogens is 1. The van der Waals surface area contributed by atoms with E-state index in [0.29, 0.717) is 17.4 Å². The molecular weight excluding hydrogens is 357 g/mol. The molecule has 0 atom stereocenters. The number of hydrazine groups is 1. The monoisotopic (exact) mass is 367 g/mol. The van der Waals surface area contributed by atoms with Crippen molar-refractivity contribution in [3.8, 4) is 0 Å². The molecule has 0 saturated heterocycles. The maximum Gasteiger partial charge on any atom is 0.241 e. The zero-order valence-corrected chi connectivity index (χ0v) is 11.8. The summed E-state index contributed by atoms with van der Waals surface area (Å²) in [6, 6.07) is 7.97. The molecule has 2 aromatic heterocycles. The SMILES string of the molecule is NNc1nc(Nc2cccc(I)c2)c2cn[nH]c2n1. The molecule has 0 aliphatic heterocycles. The summed E-state index contributed by atoms with van der Waals surface area (Å²) in [7, 11) is 0. The first-order chi connectivity index (χ1) is 9.26. The Morgan fingerprint density at radius 3 is 2.95 bits per heavy atom. The van der Waals surface area contributed by atoms with Crippen molar-refractivity contribution >= 4 is 51.1 Å². The number of nitrogens with zero attached hydrogens (tertiary/aromatic N) is 3. The lowest BCUT2D eigenvalue weighted by Gasteiger charge is -2.08. The van der Waals surface area contributed by atoms with Crippen molar-refractivity contribution in [1.82, 2.24) is 20.2 Å². The van der Waals surface area contributed by atoms with Gasteiger partial charge in [-0.05, 0) is 40.8 Å². The van der Waals surface area contributed by atoms with Gasteiger partial charge in [-0.2, -0.15) is 15.1 Å². The van der Waals surface area contributed by atoms with Crippen LogP contribution in [0.3, 0.4) is 0 Å². The number of anilines is 3. The zero-order valence-electron chi connectivity index (χ0n) is 9.68. The first-order valence-electron chi connectivity index (χ1n) is 5.46. The van der Waals surface area contributed by atoms with Crippen LogP contribution in [-0.4, -0.2) is 20.2 Å². The van der Waals surface area contributed by atoms with Gasteiger partial charge in [0, 0.05) is 9.26 Å². The zero-order chi connectivity index (χ0) is 13.2. The van der Waals surface area contributed by atoms with Gasteiger partial charge < -0.3 is 5.32 Å². The van der Waals surface area contributed by atoms with Crippen molar-refractivity contribution in [2.45, 2.75) is 0 Å². The number of rotatable bonds is 3. The van der Waals surface area contributed by atoms with Gasteiger partial charge in [0.15, 0.2) is 5.65 Å². The molecule has 3 rings (SSSR count). The van der Waals surface area contributed by atoms with E-state index in [1.165, 1.54) is 0 Å². The lowest BCUT2D eigenvalue weighted by Crippen LogP contribution is -2.11. The van der Waals surface area contributed by atoms with E-state index in [1.807, 2.05) is 24.3 Å². The molecule has 0 saturated carbocycles. The number of nitrogens with one attached hydrogen (secondary N) is 3. The summed E-state index contributed by atoms with van der Waals surface area (Å²) in [5.74, 6) is 6.33. The average molecular weight is 367 g/mol. The molecule has 7 nitrogen and oxygen atoms in total. The molecule has 8 heteroatoms. The van der Waals surface area contributed by atoms with Crippen LogP contribution in [0, 0.1) is 3.57 Å². The first kappa shape index (κ1) is 12.1.